The van der Waals surface area contributed by atoms with Crippen LogP contribution >= 0.6 is 0 Å². The van der Waals surface area contributed by atoms with Crippen LogP contribution in [0.2, 0.25) is 0 Å². The van der Waals surface area contributed by atoms with E-state index in [2.05, 4.69) is 10.6 Å². The second-order valence-corrected chi connectivity index (χ2v) is 5.19. The number of urea groups is 1. The topological polar surface area (TPSA) is 61.4 Å². The second kappa shape index (κ2) is 7.69. The predicted molar refractivity (Wildman–Crippen MR) is 85.1 cm³/mol. The molecule has 0 spiro atoms. The molecule has 0 unspecified atom stereocenters. The summed E-state index contributed by atoms with van der Waals surface area (Å²) in [5, 5.41) is 13.8. The van der Waals surface area contributed by atoms with Crippen LogP contribution in [0, 0.1) is 11.6 Å². The molecule has 2 rings (SSSR count). The van der Waals surface area contributed by atoms with Gasteiger partial charge in [-0.15, -0.1) is 0 Å². The smallest absolute Gasteiger partial charge is 0.319 e. The molecule has 0 aliphatic rings. The number of halogens is 2. The molecule has 2 aromatic rings. The zero-order valence-corrected chi connectivity index (χ0v) is 12.6. The fourth-order valence-electron chi connectivity index (χ4n) is 2.19. The van der Waals surface area contributed by atoms with Crippen LogP contribution in [0.3, 0.4) is 0 Å². The predicted octanol–water partition coefficient (Wildman–Crippen LogP) is 3.52. The van der Waals surface area contributed by atoms with Gasteiger partial charge in [0.25, 0.3) is 0 Å². The van der Waals surface area contributed by atoms with Crippen molar-refractivity contribution in [1.82, 2.24) is 5.32 Å². The number of aliphatic hydroxyl groups excluding tert-OH is 1. The molecule has 6 heteroatoms. The molecule has 0 bridgehead atoms. The Labute approximate surface area is 133 Å². The molecule has 2 aromatic carbocycles. The fraction of sp³-hybridized carbons (Fsp3) is 0.235. The maximum absolute atomic E-state index is 14.1. The van der Waals surface area contributed by atoms with Crippen LogP contribution in [0.4, 0.5) is 19.3 Å². The van der Waals surface area contributed by atoms with Gasteiger partial charge in [0, 0.05) is 24.3 Å². The van der Waals surface area contributed by atoms with E-state index in [0.29, 0.717) is 12.0 Å². The number of hydrogen-bond acceptors (Lipinski definition) is 2. The zero-order valence-electron chi connectivity index (χ0n) is 12.6. The number of nitrogens with one attached hydrogen (secondary N) is 2. The molecule has 122 valence electrons. The number of anilines is 1. The zero-order chi connectivity index (χ0) is 16.8. The van der Waals surface area contributed by atoms with Crippen molar-refractivity contribution in [2.75, 3.05) is 11.9 Å². The Hall–Kier alpha value is -2.47. The first kappa shape index (κ1) is 16.9. The number of carbonyl (C=O) groups excluding carboxylic acids is 1. The lowest BCUT2D eigenvalue weighted by Crippen LogP contribution is -2.36. The van der Waals surface area contributed by atoms with Crippen molar-refractivity contribution >= 4 is 11.7 Å². The van der Waals surface area contributed by atoms with Crippen LogP contribution in [0.5, 0.6) is 0 Å². The van der Waals surface area contributed by atoms with Crippen molar-refractivity contribution in [2.24, 2.45) is 0 Å². The fourth-order valence-corrected chi connectivity index (χ4v) is 2.19. The summed E-state index contributed by atoms with van der Waals surface area (Å²) in [6.07, 6.45) is 0.380. The number of benzene rings is 2. The van der Waals surface area contributed by atoms with Gasteiger partial charge in [0.2, 0.25) is 0 Å². The van der Waals surface area contributed by atoms with Gasteiger partial charge in [-0.05, 0) is 25.0 Å². The van der Waals surface area contributed by atoms with Gasteiger partial charge >= 0.3 is 6.03 Å². The second-order valence-electron chi connectivity index (χ2n) is 5.19. The standard InChI is InChI=1S/C17H18F2N2O2/c1-11(7-8-22)20-17(23)21-16-14(9-13(18)10-15(16)19)12-5-3-2-4-6-12/h2-6,9-11,22H,7-8H2,1H3,(H2,20,21,23)/t11-/m1/s1. The third-order valence-electron chi connectivity index (χ3n) is 3.32. The SMILES string of the molecule is C[C@H](CCO)NC(=O)Nc1c(F)cc(F)cc1-c1ccccc1. The van der Waals surface area contributed by atoms with E-state index in [0.717, 1.165) is 6.07 Å². The van der Waals surface area contributed by atoms with Crippen LogP contribution in [0.1, 0.15) is 13.3 Å². The molecule has 4 nitrogen and oxygen atoms in total. The van der Waals surface area contributed by atoms with E-state index in [4.69, 9.17) is 5.11 Å². The molecule has 0 saturated heterocycles. The Morgan fingerprint density at radius 3 is 2.57 bits per heavy atom. The minimum absolute atomic E-state index is 0.0678. The first-order valence-corrected chi connectivity index (χ1v) is 7.24. The summed E-state index contributed by atoms with van der Waals surface area (Å²) in [5.41, 5.74) is 0.754. The summed E-state index contributed by atoms with van der Waals surface area (Å²) in [4.78, 5) is 12.0. The largest absolute Gasteiger partial charge is 0.396 e. The van der Waals surface area contributed by atoms with Crippen LogP contribution < -0.4 is 10.6 Å². The summed E-state index contributed by atoms with van der Waals surface area (Å²) in [5.74, 6) is -1.57. The van der Waals surface area contributed by atoms with Gasteiger partial charge in [-0.1, -0.05) is 30.3 Å². The highest BCUT2D eigenvalue weighted by atomic mass is 19.1. The molecule has 23 heavy (non-hydrogen) atoms. The van der Waals surface area contributed by atoms with Crippen molar-refractivity contribution in [1.29, 1.82) is 0 Å². The van der Waals surface area contributed by atoms with E-state index in [-0.39, 0.29) is 23.9 Å². The highest BCUT2D eigenvalue weighted by Gasteiger charge is 2.16. The Kier molecular flexibility index (Phi) is 5.65. The molecule has 2 amide bonds. The van der Waals surface area contributed by atoms with E-state index >= 15 is 0 Å². The number of amides is 2. The molecule has 0 saturated carbocycles. The number of hydrogen-bond donors (Lipinski definition) is 3. The monoisotopic (exact) mass is 320 g/mol. The van der Waals surface area contributed by atoms with Gasteiger partial charge in [0.1, 0.15) is 11.6 Å². The molecule has 0 fully saturated rings. The Bertz CT molecular complexity index is 678. The van der Waals surface area contributed by atoms with Crippen molar-refractivity contribution in [3.8, 4) is 11.1 Å². The summed E-state index contributed by atoms with van der Waals surface area (Å²) < 4.78 is 27.7. The van der Waals surface area contributed by atoms with E-state index < -0.39 is 17.7 Å². The quantitative estimate of drug-likeness (QED) is 0.789. The lowest BCUT2D eigenvalue weighted by atomic mass is 10.0. The van der Waals surface area contributed by atoms with Crippen molar-refractivity contribution in [2.45, 2.75) is 19.4 Å². The van der Waals surface area contributed by atoms with Crippen molar-refractivity contribution < 1.29 is 18.7 Å². The first-order valence-electron chi connectivity index (χ1n) is 7.24. The minimum Gasteiger partial charge on any atom is -0.396 e. The average molecular weight is 320 g/mol. The van der Waals surface area contributed by atoms with Gasteiger partial charge in [-0.3, -0.25) is 0 Å². The Balaban J connectivity index is 2.29. The Morgan fingerprint density at radius 2 is 1.91 bits per heavy atom. The number of rotatable bonds is 5. The van der Waals surface area contributed by atoms with Crippen LogP contribution in [0.25, 0.3) is 11.1 Å². The molecule has 1 atom stereocenters. The summed E-state index contributed by atoms with van der Waals surface area (Å²) in [7, 11) is 0. The molecular weight excluding hydrogens is 302 g/mol. The van der Waals surface area contributed by atoms with Gasteiger partial charge in [-0.25, -0.2) is 13.6 Å². The van der Waals surface area contributed by atoms with E-state index in [9.17, 15) is 13.6 Å². The average Bonchev–Trinajstić information content (AvgIpc) is 2.50. The number of carbonyl (C=O) groups is 1. The third kappa shape index (κ3) is 4.50. The molecule has 0 aliphatic carbocycles. The molecule has 0 radical (unpaired) electrons. The maximum atomic E-state index is 14.1. The van der Waals surface area contributed by atoms with E-state index in [1.807, 2.05) is 0 Å². The molecule has 0 aliphatic heterocycles. The Morgan fingerprint density at radius 1 is 1.22 bits per heavy atom. The number of aliphatic hydroxyl groups is 1. The minimum atomic E-state index is -0.853. The van der Waals surface area contributed by atoms with Crippen molar-refractivity contribution in [3.05, 3.63) is 54.1 Å². The molecule has 3 N–H and O–H groups in total. The first-order chi connectivity index (χ1) is 11.0. The van der Waals surface area contributed by atoms with Crippen LogP contribution in [-0.2, 0) is 0 Å². The summed E-state index contributed by atoms with van der Waals surface area (Å²) in [6.45, 7) is 1.65. The third-order valence-corrected chi connectivity index (χ3v) is 3.32. The van der Waals surface area contributed by atoms with Gasteiger partial charge < -0.3 is 15.7 Å². The maximum Gasteiger partial charge on any atom is 0.319 e. The summed E-state index contributed by atoms with van der Waals surface area (Å²) >= 11 is 0. The lowest BCUT2D eigenvalue weighted by molar-refractivity contribution is 0.241. The highest BCUT2D eigenvalue weighted by molar-refractivity contribution is 5.94. The van der Waals surface area contributed by atoms with Gasteiger partial charge in [0.05, 0.1) is 5.69 Å². The van der Waals surface area contributed by atoms with Crippen LogP contribution in [-0.4, -0.2) is 23.8 Å². The normalized spacial score (nSPS) is 11.8. The highest BCUT2D eigenvalue weighted by Crippen LogP contribution is 2.31. The van der Waals surface area contributed by atoms with E-state index in [1.54, 1.807) is 37.3 Å². The summed E-state index contributed by atoms with van der Waals surface area (Å²) in [6, 6.07) is 9.67. The molecule has 0 heterocycles. The molecule has 0 aromatic heterocycles. The van der Waals surface area contributed by atoms with Gasteiger partial charge in [0.15, 0.2) is 0 Å². The molecular formula is C17H18F2N2O2. The van der Waals surface area contributed by atoms with Crippen molar-refractivity contribution in [3.63, 3.8) is 0 Å². The van der Waals surface area contributed by atoms with Crippen LogP contribution in [0.15, 0.2) is 42.5 Å². The lowest BCUT2D eigenvalue weighted by Gasteiger charge is -2.16. The van der Waals surface area contributed by atoms with E-state index in [1.165, 1.54) is 6.07 Å². The van der Waals surface area contributed by atoms with Gasteiger partial charge in [-0.2, -0.15) is 0 Å².